The first-order valence-corrected chi connectivity index (χ1v) is 8.25. The lowest BCUT2D eigenvalue weighted by Gasteiger charge is -2.39. The summed E-state index contributed by atoms with van der Waals surface area (Å²) in [6.07, 6.45) is 2.81. The molecule has 1 heterocycles. The summed E-state index contributed by atoms with van der Waals surface area (Å²) in [7, 11) is 0. The number of nitrogens with one attached hydrogen (secondary N) is 1. The summed E-state index contributed by atoms with van der Waals surface area (Å²) in [5.74, 6) is 0.129. The van der Waals surface area contributed by atoms with E-state index in [1.54, 1.807) is 0 Å². The highest BCUT2D eigenvalue weighted by Gasteiger charge is 2.28. The van der Waals surface area contributed by atoms with E-state index in [1.807, 2.05) is 13.8 Å². The molecular formula is C16H30N4O. The fourth-order valence-corrected chi connectivity index (χ4v) is 2.85. The normalized spacial score (nSPS) is 20.0. The fraction of sp³-hybridized carbons (Fsp3) is 0.875. The Bertz CT molecular complexity index is 354. The third-order valence-electron chi connectivity index (χ3n) is 4.58. The van der Waals surface area contributed by atoms with E-state index in [4.69, 9.17) is 5.26 Å². The Morgan fingerprint density at radius 1 is 1.10 bits per heavy atom. The molecule has 1 rings (SSSR count). The van der Waals surface area contributed by atoms with Gasteiger partial charge in [-0.1, -0.05) is 20.8 Å². The van der Waals surface area contributed by atoms with Crippen molar-refractivity contribution in [3.8, 4) is 6.07 Å². The first kappa shape index (κ1) is 17.9. The van der Waals surface area contributed by atoms with E-state index < -0.39 is 0 Å². The van der Waals surface area contributed by atoms with Crippen LogP contribution in [0.3, 0.4) is 0 Å². The van der Waals surface area contributed by atoms with Gasteiger partial charge in [-0.15, -0.1) is 0 Å². The molecule has 0 aromatic heterocycles. The average Bonchev–Trinajstić information content (AvgIpc) is 2.53. The van der Waals surface area contributed by atoms with Crippen LogP contribution in [0.25, 0.3) is 0 Å². The molecule has 2 unspecified atom stereocenters. The van der Waals surface area contributed by atoms with Crippen molar-refractivity contribution in [1.29, 1.82) is 5.26 Å². The van der Waals surface area contributed by atoms with E-state index in [1.165, 1.54) is 0 Å². The highest BCUT2D eigenvalue weighted by atomic mass is 16.2. The second-order valence-corrected chi connectivity index (χ2v) is 5.82. The zero-order chi connectivity index (χ0) is 15.8. The van der Waals surface area contributed by atoms with Crippen molar-refractivity contribution in [2.45, 2.75) is 65.1 Å². The maximum Gasteiger partial charge on any atom is 0.237 e. The topological polar surface area (TPSA) is 59.4 Å². The molecule has 2 atom stereocenters. The van der Waals surface area contributed by atoms with Gasteiger partial charge in [0.15, 0.2) is 0 Å². The number of nitrogens with zero attached hydrogens (tertiary/aromatic N) is 3. The Morgan fingerprint density at radius 2 is 1.62 bits per heavy atom. The molecule has 1 aliphatic heterocycles. The van der Waals surface area contributed by atoms with Crippen LogP contribution in [0.15, 0.2) is 0 Å². The minimum atomic E-state index is -0.0880. The summed E-state index contributed by atoms with van der Waals surface area (Å²) in [6, 6.07) is 2.57. The maximum atomic E-state index is 12.3. The lowest BCUT2D eigenvalue weighted by molar-refractivity contribution is -0.127. The highest BCUT2D eigenvalue weighted by Crippen LogP contribution is 2.11. The lowest BCUT2D eigenvalue weighted by Crippen LogP contribution is -2.56. The third kappa shape index (κ3) is 4.98. The van der Waals surface area contributed by atoms with Gasteiger partial charge in [0.25, 0.3) is 0 Å². The molecule has 1 aliphatic rings. The molecule has 120 valence electrons. The van der Waals surface area contributed by atoms with Crippen LogP contribution in [0.2, 0.25) is 0 Å². The lowest BCUT2D eigenvalue weighted by atomic mass is 10.1. The van der Waals surface area contributed by atoms with Gasteiger partial charge in [0, 0.05) is 32.2 Å². The minimum Gasteiger partial charge on any atom is -0.352 e. The number of carbonyl (C=O) groups is 1. The summed E-state index contributed by atoms with van der Waals surface area (Å²) in [4.78, 5) is 16.7. The van der Waals surface area contributed by atoms with Gasteiger partial charge in [-0.05, 0) is 26.2 Å². The number of hydrogen-bond donors (Lipinski definition) is 1. The van der Waals surface area contributed by atoms with Crippen molar-refractivity contribution < 1.29 is 4.79 Å². The summed E-state index contributed by atoms with van der Waals surface area (Å²) in [5.41, 5.74) is 0. The SMILES string of the molecule is CCC(CC)NC(=O)C(C)N1CCN(C(C#N)CC)CC1. The summed E-state index contributed by atoms with van der Waals surface area (Å²) >= 11 is 0. The van der Waals surface area contributed by atoms with Crippen LogP contribution < -0.4 is 5.32 Å². The van der Waals surface area contributed by atoms with Crippen LogP contribution in [-0.2, 0) is 4.79 Å². The van der Waals surface area contributed by atoms with Gasteiger partial charge in [0.1, 0.15) is 0 Å². The number of hydrogen-bond acceptors (Lipinski definition) is 4. The van der Waals surface area contributed by atoms with Gasteiger partial charge in [-0.2, -0.15) is 5.26 Å². The van der Waals surface area contributed by atoms with Crippen molar-refractivity contribution in [3.05, 3.63) is 0 Å². The Hall–Kier alpha value is -1.12. The molecule has 0 aliphatic carbocycles. The van der Waals surface area contributed by atoms with E-state index in [9.17, 15) is 4.79 Å². The molecule has 21 heavy (non-hydrogen) atoms. The first-order valence-electron chi connectivity index (χ1n) is 8.25. The molecule has 1 amide bonds. The van der Waals surface area contributed by atoms with Crippen LogP contribution in [0.5, 0.6) is 0 Å². The second-order valence-electron chi connectivity index (χ2n) is 5.82. The highest BCUT2D eigenvalue weighted by molar-refractivity contribution is 5.81. The summed E-state index contributed by atoms with van der Waals surface area (Å²) in [6.45, 7) is 11.7. The minimum absolute atomic E-state index is 0.0147. The summed E-state index contributed by atoms with van der Waals surface area (Å²) in [5, 5.41) is 12.2. The molecule has 0 spiro atoms. The monoisotopic (exact) mass is 294 g/mol. The van der Waals surface area contributed by atoms with Crippen LogP contribution in [0.1, 0.15) is 47.0 Å². The van der Waals surface area contributed by atoms with Crippen molar-refractivity contribution in [2.24, 2.45) is 0 Å². The van der Waals surface area contributed by atoms with Gasteiger partial charge in [-0.25, -0.2) is 0 Å². The Kier molecular flexibility index (Phi) is 7.69. The fourth-order valence-electron chi connectivity index (χ4n) is 2.85. The smallest absolute Gasteiger partial charge is 0.237 e. The molecule has 0 radical (unpaired) electrons. The number of amides is 1. The van der Waals surface area contributed by atoms with Gasteiger partial charge in [-0.3, -0.25) is 14.6 Å². The number of piperazine rings is 1. The zero-order valence-corrected chi connectivity index (χ0v) is 13.9. The molecule has 0 bridgehead atoms. The third-order valence-corrected chi connectivity index (χ3v) is 4.58. The number of nitriles is 1. The zero-order valence-electron chi connectivity index (χ0n) is 13.9. The Morgan fingerprint density at radius 3 is 2.05 bits per heavy atom. The average molecular weight is 294 g/mol. The largest absolute Gasteiger partial charge is 0.352 e. The molecule has 5 heteroatoms. The molecule has 0 aromatic rings. The van der Waals surface area contributed by atoms with Gasteiger partial charge in [0.2, 0.25) is 5.91 Å². The van der Waals surface area contributed by atoms with Crippen molar-refractivity contribution >= 4 is 5.91 Å². The van der Waals surface area contributed by atoms with Gasteiger partial charge >= 0.3 is 0 Å². The molecule has 1 fully saturated rings. The van der Waals surface area contributed by atoms with E-state index in [0.29, 0.717) is 0 Å². The van der Waals surface area contributed by atoms with E-state index >= 15 is 0 Å². The Labute approximate surface area is 129 Å². The second kappa shape index (κ2) is 9.01. The van der Waals surface area contributed by atoms with Crippen LogP contribution in [-0.4, -0.2) is 60.0 Å². The predicted octanol–water partition coefficient (Wildman–Crippen LogP) is 1.60. The molecule has 1 saturated heterocycles. The maximum absolute atomic E-state index is 12.3. The first-order chi connectivity index (χ1) is 10.1. The van der Waals surface area contributed by atoms with E-state index in [2.05, 4.69) is 35.0 Å². The van der Waals surface area contributed by atoms with E-state index in [-0.39, 0.29) is 24.0 Å². The molecule has 0 saturated carbocycles. The van der Waals surface area contributed by atoms with Crippen LogP contribution in [0, 0.1) is 11.3 Å². The van der Waals surface area contributed by atoms with E-state index in [0.717, 1.165) is 45.4 Å². The molecule has 1 N–H and O–H groups in total. The quantitative estimate of drug-likeness (QED) is 0.775. The van der Waals surface area contributed by atoms with Gasteiger partial charge in [0.05, 0.1) is 18.2 Å². The van der Waals surface area contributed by atoms with Crippen molar-refractivity contribution in [1.82, 2.24) is 15.1 Å². The molecule has 5 nitrogen and oxygen atoms in total. The number of rotatable bonds is 7. The summed E-state index contributed by atoms with van der Waals surface area (Å²) < 4.78 is 0. The predicted molar refractivity (Wildman–Crippen MR) is 84.8 cm³/mol. The van der Waals surface area contributed by atoms with Crippen LogP contribution >= 0.6 is 0 Å². The molecular weight excluding hydrogens is 264 g/mol. The van der Waals surface area contributed by atoms with Crippen molar-refractivity contribution in [2.75, 3.05) is 26.2 Å². The Balaban J connectivity index is 2.46. The molecule has 0 aromatic carbocycles. The van der Waals surface area contributed by atoms with Gasteiger partial charge < -0.3 is 5.32 Å². The number of carbonyl (C=O) groups excluding carboxylic acids is 1. The van der Waals surface area contributed by atoms with Crippen LogP contribution in [0.4, 0.5) is 0 Å². The standard InChI is InChI=1S/C16H30N4O/c1-5-14(6-2)18-16(21)13(4)19-8-10-20(11-9-19)15(7-3)12-17/h13-15H,5-11H2,1-4H3,(H,18,21). The van der Waals surface area contributed by atoms with Crippen molar-refractivity contribution in [3.63, 3.8) is 0 Å².